The van der Waals surface area contributed by atoms with E-state index >= 15 is 0 Å². The molecule has 4 rings (SSSR count). The fraction of sp³-hybridized carbons (Fsp3) is 0.240. The van der Waals surface area contributed by atoms with Gasteiger partial charge in [-0.05, 0) is 41.2 Å². The Bertz CT molecular complexity index is 919. The van der Waals surface area contributed by atoms with Gasteiger partial charge in [-0.3, -0.25) is 4.79 Å². The van der Waals surface area contributed by atoms with Crippen LogP contribution in [-0.4, -0.2) is 25.5 Å². The Morgan fingerprint density at radius 1 is 0.857 bits per heavy atom. The summed E-state index contributed by atoms with van der Waals surface area (Å²) in [6.45, 7) is 2.80. The smallest absolute Gasteiger partial charge is 0.224 e. The van der Waals surface area contributed by atoms with Gasteiger partial charge < -0.3 is 10.2 Å². The first-order valence-corrected chi connectivity index (χ1v) is 10.0. The normalized spacial score (nSPS) is 12.6. The molecule has 0 bridgehead atoms. The van der Waals surface area contributed by atoms with E-state index in [2.05, 4.69) is 58.7 Å². The van der Waals surface area contributed by atoms with Crippen molar-refractivity contribution in [1.29, 1.82) is 0 Å². The van der Waals surface area contributed by atoms with Crippen LogP contribution >= 0.6 is 0 Å². The standard InChI is InChI=1S/C25H26N2O/c28-25(19-20-11-13-22(14-12-20)21-7-2-1-3-8-21)26-16-6-17-27-18-15-23-9-4-5-10-24(23)27/h1-5,7-14H,6,15-19H2,(H,26,28). The highest BCUT2D eigenvalue weighted by Crippen LogP contribution is 2.27. The van der Waals surface area contributed by atoms with Crippen molar-refractivity contribution < 1.29 is 4.79 Å². The van der Waals surface area contributed by atoms with Crippen molar-refractivity contribution >= 4 is 11.6 Å². The summed E-state index contributed by atoms with van der Waals surface area (Å²) < 4.78 is 0. The van der Waals surface area contributed by atoms with Gasteiger partial charge in [0.2, 0.25) is 5.91 Å². The third-order valence-corrected chi connectivity index (χ3v) is 5.34. The molecular formula is C25H26N2O. The fourth-order valence-corrected chi connectivity index (χ4v) is 3.83. The maximum Gasteiger partial charge on any atom is 0.224 e. The predicted molar refractivity (Wildman–Crippen MR) is 116 cm³/mol. The number of hydrogen-bond acceptors (Lipinski definition) is 2. The number of anilines is 1. The molecule has 28 heavy (non-hydrogen) atoms. The molecule has 3 heteroatoms. The monoisotopic (exact) mass is 370 g/mol. The lowest BCUT2D eigenvalue weighted by Crippen LogP contribution is -2.30. The van der Waals surface area contributed by atoms with E-state index in [1.807, 2.05) is 30.3 Å². The molecule has 0 saturated carbocycles. The van der Waals surface area contributed by atoms with E-state index in [0.717, 1.165) is 38.0 Å². The number of rotatable bonds is 7. The second-order valence-corrected chi connectivity index (χ2v) is 7.31. The number of para-hydroxylation sites is 1. The molecule has 0 aliphatic carbocycles. The molecule has 1 aliphatic heterocycles. The van der Waals surface area contributed by atoms with Crippen molar-refractivity contribution in [3.05, 3.63) is 90.0 Å². The number of nitrogens with one attached hydrogen (secondary N) is 1. The van der Waals surface area contributed by atoms with E-state index in [4.69, 9.17) is 0 Å². The number of hydrogen-bond donors (Lipinski definition) is 1. The average molecular weight is 370 g/mol. The third-order valence-electron chi connectivity index (χ3n) is 5.34. The molecule has 1 amide bonds. The van der Waals surface area contributed by atoms with E-state index < -0.39 is 0 Å². The molecule has 0 radical (unpaired) electrons. The number of amides is 1. The Balaban J connectivity index is 1.21. The molecule has 3 aromatic carbocycles. The van der Waals surface area contributed by atoms with E-state index in [9.17, 15) is 4.79 Å². The minimum Gasteiger partial charge on any atom is -0.371 e. The van der Waals surface area contributed by atoms with Crippen molar-refractivity contribution in [2.24, 2.45) is 0 Å². The first-order chi connectivity index (χ1) is 13.8. The molecule has 1 heterocycles. The fourth-order valence-electron chi connectivity index (χ4n) is 3.83. The summed E-state index contributed by atoms with van der Waals surface area (Å²) in [6, 6.07) is 27.2. The minimum atomic E-state index is 0.0919. The Morgan fingerprint density at radius 2 is 1.57 bits per heavy atom. The Labute approximate surface area is 167 Å². The highest BCUT2D eigenvalue weighted by atomic mass is 16.1. The van der Waals surface area contributed by atoms with Gasteiger partial charge in [0.15, 0.2) is 0 Å². The van der Waals surface area contributed by atoms with E-state index in [1.165, 1.54) is 22.4 Å². The van der Waals surface area contributed by atoms with Crippen LogP contribution < -0.4 is 10.2 Å². The zero-order chi connectivity index (χ0) is 19.2. The zero-order valence-electron chi connectivity index (χ0n) is 16.1. The Kier molecular flexibility index (Phi) is 5.72. The van der Waals surface area contributed by atoms with Gasteiger partial charge in [-0.2, -0.15) is 0 Å². The van der Waals surface area contributed by atoms with E-state index in [-0.39, 0.29) is 5.91 Å². The second-order valence-electron chi connectivity index (χ2n) is 7.31. The van der Waals surface area contributed by atoms with E-state index in [1.54, 1.807) is 0 Å². The molecule has 1 aliphatic rings. The number of nitrogens with zero attached hydrogens (tertiary/aromatic N) is 1. The van der Waals surface area contributed by atoms with Gasteiger partial charge in [0.1, 0.15) is 0 Å². The summed E-state index contributed by atoms with van der Waals surface area (Å²) in [6.07, 6.45) is 2.52. The highest BCUT2D eigenvalue weighted by Gasteiger charge is 2.17. The number of fused-ring (bicyclic) bond motifs is 1. The van der Waals surface area contributed by atoms with Crippen molar-refractivity contribution in [2.45, 2.75) is 19.3 Å². The van der Waals surface area contributed by atoms with Crippen LogP contribution in [0.3, 0.4) is 0 Å². The van der Waals surface area contributed by atoms with Gasteiger partial charge >= 0.3 is 0 Å². The highest BCUT2D eigenvalue weighted by molar-refractivity contribution is 5.78. The van der Waals surface area contributed by atoms with Crippen molar-refractivity contribution in [3.63, 3.8) is 0 Å². The van der Waals surface area contributed by atoms with Gasteiger partial charge in [-0.15, -0.1) is 0 Å². The van der Waals surface area contributed by atoms with Gasteiger partial charge in [-0.1, -0.05) is 72.8 Å². The second kappa shape index (κ2) is 8.75. The van der Waals surface area contributed by atoms with E-state index in [0.29, 0.717) is 6.42 Å². The maximum atomic E-state index is 12.2. The van der Waals surface area contributed by atoms with Crippen LogP contribution in [-0.2, 0) is 17.6 Å². The average Bonchev–Trinajstić information content (AvgIpc) is 3.16. The SMILES string of the molecule is O=C(Cc1ccc(-c2ccccc2)cc1)NCCCN1CCc2ccccc21. The molecule has 142 valence electrons. The molecule has 0 saturated heterocycles. The lowest BCUT2D eigenvalue weighted by Gasteiger charge is -2.19. The number of carbonyl (C=O) groups excluding carboxylic acids is 1. The molecule has 0 fully saturated rings. The largest absolute Gasteiger partial charge is 0.371 e. The molecule has 3 nitrogen and oxygen atoms in total. The zero-order valence-corrected chi connectivity index (χ0v) is 16.1. The summed E-state index contributed by atoms with van der Waals surface area (Å²) in [5, 5.41) is 3.06. The third kappa shape index (κ3) is 4.42. The van der Waals surface area contributed by atoms with Crippen LogP contribution in [0.4, 0.5) is 5.69 Å². The number of carbonyl (C=O) groups is 1. The first-order valence-electron chi connectivity index (χ1n) is 10.0. The van der Waals surface area contributed by atoms with Gasteiger partial charge in [0.25, 0.3) is 0 Å². The Morgan fingerprint density at radius 3 is 2.39 bits per heavy atom. The lowest BCUT2D eigenvalue weighted by atomic mass is 10.0. The molecule has 0 atom stereocenters. The van der Waals surface area contributed by atoms with Crippen molar-refractivity contribution in [2.75, 3.05) is 24.5 Å². The van der Waals surface area contributed by atoms with Crippen LogP contribution in [0.25, 0.3) is 11.1 Å². The maximum absolute atomic E-state index is 12.2. The van der Waals surface area contributed by atoms with Gasteiger partial charge in [0.05, 0.1) is 6.42 Å². The molecule has 3 aromatic rings. The predicted octanol–water partition coefficient (Wildman–Crippen LogP) is 4.47. The van der Waals surface area contributed by atoms with Crippen LogP contribution in [0.5, 0.6) is 0 Å². The van der Waals surface area contributed by atoms with Crippen molar-refractivity contribution in [3.8, 4) is 11.1 Å². The molecular weight excluding hydrogens is 344 g/mol. The van der Waals surface area contributed by atoms with Crippen LogP contribution in [0.1, 0.15) is 17.5 Å². The number of benzene rings is 3. The summed E-state index contributed by atoms with van der Waals surface area (Å²) in [7, 11) is 0. The topological polar surface area (TPSA) is 32.3 Å². The summed E-state index contributed by atoms with van der Waals surface area (Å²) in [5.41, 5.74) is 6.21. The summed E-state index contributed by atoms with van der Waals surface area (Å²) >= 11 is 0. The lowest BCUT2D eigenvalue weighted by molar-refractivity contribution is -0.120. The summed E-state index contributed by atoms with van der Waals surface area (Å²) in [5.74, 6) is 0.0919. The molecule has 0 spiro atoms. The Hall–Kier alpha value is -3.07. The molecule has 0 aromatic heterocycles. The van der Waals surface area contributed by atoms with Crippen LogP contribution in [0.15, 0.2) is 78.9 Å². The van der Waals surface area contributed by atoms with Crippen molar-refractivity contribution in [1.82, 2.24) is 5.32 Å². The molecule has 0 unspecified atom stereocenters. The first kappa shape index (κ1) is 18.3. The van der Waals surface area contributed by atoms with Gasteiger partial charge in [0, 0.05) is 25.3 Å². The summed E-state index contributed by atoms with van der Waals surface area (Å²) in [4.78, 5) is 14.7. The quantitative estimate of drug-likeness (QED) is 0.623. The van der Waals surface area contributed by atoms with Crippen LogP contribution in [0.2, 0.25) is 0 Å². The van der Waals surface area contributed by atoms with Crippen LogP contribution in [0, 0.1) is 0 Å². The van der Waals surface area contributed by atoms with Gasteiger partial charge in [-0.25, -0.2) is 0 Å². The minimum absolute atomic E-state index is 0.0919. The molecule has 1 N–H and O–H groups in total.